The van der Waals surface area contributed by atoms with Gasteiger partial charge in [0, 0.05) is 45.8 Å². The minimum atomic E-state index is -0.178. The quantitative estimate of drug-likeness (QED) is 0.710. The van der Waals surface area contributed by atoms with E-state index in [9.17, 15) is 9.59 Å². The van der Waals surface area contributed by atoms with Gasteiger partial charge in [-0.05, 0) is 20.0 Å². The van der Waals surface area contributed by atoms with Crippen LogP contribution < -0.4 is 0 Å². The van der Waals surface area contributed by atoms with Crippen molar-refractivity contribution in [3.63, 3.8) is 0 Å². The minimum absolute atomic E-state index is 0.0711. The van der Waals surface area contributed by atoms with Crippen LogP contribution in [0.25, 0.3) is 0 Å². The summed E-state index contributed by atoms with van der Waals surface area (Å²) < 4.78 is 5.01. The van der Waals surface area contributed by atoms with E-state index >= 15 is 0 Å². The molecular weight excluding hydrogens is 270 g/mol. The summed E-state index contributed by atoms with van der Waals surface area (Å²) in [4.78, 5) is 30.4. The Morgan fingerprint density at radius 3 is 2.62 bits per heavy atom. The summed E-state index contributed by atoms with van der Waals surface area (Å²) in [5.74, 6) is 0.509. The van der Waals surface area contributed by atoms with E-state index in [0.29, 0.717) is 38.1 Å². The Hall–Kier alpha value is -1.14. The highest BCUT2D eigenvalue weighted by Gasteiger charge is 2.40. The largest absolute Gasteiger partial charge is 0.383 e. The number of amides is 2. The Bertz CT molecular complexity index is 400. The van der Waals surface area contributed by atoms with Crippen molar-refractivity contribution in [2.24, 2.45) is 11.8 Å². The van der Waals surface area contributed by atoms with Gasteiger partial charge in [0.2, 0.25) is 11.8 Å². The Kier molecular flexibility index (Phi) is 5.22. The van der Waals surface area contributed by atoms with E-state index in [4.69, 9.17) is 4.74 Å². The molecule has 0 saturated carbocycles. The molecule has 0 aliphatic carbocycles. The van der Waals surface area contributed by atoms with Crippen molar-refractivity contribution in [2.75, 3.05) is 54.0 Å². The molecule has 0 aromatic heterocycles. The number of hydrogen-bond donors (Lipinski definition) is 0. The Morgan fingerprint density at radius 1 is 1.33 bits per heavy atom. The smallest absolute Gasteiger partial charge is 0.228 e. The lowest BCUT2D eigenvalue weighted by molar-refractivity contribution is -0.135. The molecule has 3 atom stereocenters. The number of methoxy groups -OCH3 is 1. The fourth-order valence-electron chi connectivity index (χ4n) is 3.42. The third-order valence-corrected chi connectivity index (χ3v) is 4.68. The van der Waals surface area contributed by atoms with Crippen LogP contribution in [0, 0.1) is 11.8 Å². The van der Waals surface area contributed by atoms with Crippen molar-refractivity contribution in [1.29, 1.82) is 0 Å². The third kappa shape index (κ3) is 3.55. The summed E-state index contributed by atoms with van der Waals surface area (Å²) in [7, 11) is 5.73. The first kappa shape index (κ1) is 16.2. The van der Waals surface area contributed by atoms with Gasteiger partial charge >= 0.3 is 0 Å². The Balaban J connectivity index is 1.91. The monoisotopic (exact) mass is 297 g/mol. The predicted octanol–water partition coefficient (Wildman–Crippen LogP) is -0.110. The second-order valence-electron chi connectivity index (χ2n) is 6.49. The number of carbonyl (C=O) groups excluding carboxylic acids is 2. The van der Waals surface area contributed by atoms with Gasteiger partial charge in [0.1, 0.15) is 0 Å². The molecule has 120 valence electrons. The Morgan fingerprint density at radius 2 is 2.05 bits per heavy atom. The predicted molar refractivity (Wildman–Crippen MR) is 79.8 cm³/mol. The molecule has 6 nitrogen and oxygen atoms in total. The van der Waals surface area contributed by atoms with E-state index in [1.807, 2.05) is 4.90 Å². The van der Waals surface area contributed by atoms with Gasteiger partial charge in [0.25, 0.3) is 0 Å². The van der Waals surface area contributed by atoms with Crippen LogP contribution in [0.15, 0.2) is 0 Å². The maximum Gasteiger partial charge on any atom is 0.228 e. The molecule has 0 N–H and O–H groups in total. The van der Waals surface area contributed by atoms with E-state index in [2.05, 4.69) is 25.9 Å². The van der Waals surface area contributed by atoms with Crippen LogP contribution in [0.2, 0.25) is 0 Å². The topological polar surface area (TPSA) is 53.1 Å². The van der Waals surface area contributed by atoms with Crippen molar-refractivity contribution in [3.8, 4) is 0 Å². The highest BCUT2D eigenvalue weighted by atomic mass is 16.5. The maximum absolute atomic E-state index is 12.6. The van der Waals surface area contributed by atoms with E-state index in [1.54, 1.807) is 12.0 Å². The summed E-state index contributed by atoms with van der Waals surface area (Å²) in [6, 6.07) is 0.413. The molecule has 2 heterocycles. The molecule has 0 aromatic rings. The standard InChI is InChI=1S/C15H27N3O3/c1-11-8-18(10-13(11)16(2)3)15(20)12-7-14(19)17(9-12)5-6-21-4/h11-13H,5-10H2,1-4H3/t11-,12+,13-/m0/s1. The molecule has 0 spiro atoms. The van der Waals surface area contributed by atoms with Gasteiger partial charge in [-0.1, -0.05) is 6.92 Å². The van der Waals surface area contributed by atoms with Crippen LogP contribution in [0.4, 0.5) is 0 Å². The van der Waals surface area contributed by atoms with Gasteiger partial charge < -0.3 is 19.4 Å². The van der Waals surface area contributed by atoms with Crippen molar-refractivity contribution in [1.82, 2.24) is 14.7 Å². The second kappa shape index (κ2) is 6.75. The number of ether oxygens (including phenoxy) is 1. The summed E-state index contributed by atoms with van der Waals surface area (Å²) in [5, 5.41) is 0. The number of rotatable bonds is 5. The number of likely N-dealkylation sites (N-methyl/N-ethyl adjacent to an activating group) is 1. The van der Waals surface area contributed by atoms with Crippen molar-refractivity contribution >= 4 is 11.8 Å². The zero-order valence-corrected chi connectivity index (χ0v) is 13.5. The molecule has 0 bridgehead atoms. The molecule has 21 heavy (non-hydrogen) atoms. The molecular formula is C15H27N3O3. The molecule has 0 radical (unpaired) electrons. The molecule has 2 saturated heterocycles. The van der Waals surface area contributed by atoms with Gasteiger partial charge in [-0.25, -0.2) is 0 Å². The summed E-state index contributed by atoms with van der Waals surface area (Å²) >= 11 is 0. The van der Waals surface area contributed by atoms with Crippen LogP contribution in [-0.4, -0.2) is 86.5 Å². The fourth-order valence-corrected chi connectivity index (χ4v) is 3.42. The van der Waals surface area contributed by atoms with Crippen LogP contribution >= 0.6 is 0 Å². The molecule has 2 amide bonds. The lowest BCUT2D eigenvalue weighted by Gasteiger charge is -2.23. The first-order valence-electron chi connectivity index (χ1n) is 7.66. The second-order valence-corrected chi connectivity index (χ2v) is 6.49. The van der Waals surface area contributed by atoms with Crippen LogP contribution in [0.1, 0.15) is 13.3 Å². The SMILES string of the molecule is COCCN1C[C@H](C(=O)N2C[C@H](C)[C@@H](N(C)C)C2)CC1=O. The average molecular weight is 297 g/mol. The number of nitrogens with zero attached hydrogens (tertiary/aromatic N) is 3. The molecule has 0 aromatic carbocycles. The highest BCUT2D eigenvalue weighted by Crippen LogP contribution is 2.25. The average Bonchev–Trinajstić information content (AvgIpc) is 2.99. The van der Waals surface area contributed by atoms with E-state index < -0.39 is 0 Å². The van der Waals surface area contributed by atoms with Crippen molar-refractivity contribution in [3.05, 3.63) is 0 Å². The van der Waals surface area contributed by atoms with Crippen LogP contribution in [0.3, 0.4) is 0 Å². The Labute approximate surface area is 127 Å². The fraction of sp³-hybridized carbons (Fsp3) is 0.867. The third-order valence-electron chi connectivity index (χ3n) is 4.68. The van der Waals surface area contributed by atoms with Crippen LogP contribution in [0.5, 0.6) is 0 Å². The number of hydrogen-bond acceptors (Lipinski definition) is 4. The number of likely N-dealkylation sites (tertiary alicyclic amines) is 2. The van der Waals surface area contributed by atoms with Gasteiger partial charge in [0.05, 0.1) is 12.5 Å². The first-order valence-corrected chi connectivity index (χ1v) is 7.66. The van der Waals surface area contributed by atoms with Crippen molar-refractivity contribution in [2.45, 2.75) is 19.4 Å². The normalized spacial score (nSPS) is 29.8. The zero-order valence-electron chi connectivity index (χ0n) is 13.5. The summed E-state index contributed by atoms with van der Waals surface area (Å²) in [6.45, 7) is 5.40. The highest BCUT2D eigenvalue weighted by molar-refractivity contribution is 5.89. The molecule has 6 heteroatoms. The lowest BCUT2D eigenvalue weighted by atomic mass is 10.1. The number of carbonyl (C=O) groups is 2. The molecule has 0 unspecified atom stereocenters. The lowest BCUT2D eigenvalue weighted by Crippen LogP contribution is -2.39. The van der Waals surface area contributed by atoms with E-state index in [-0.39, 0.29) is 17.7 Å². The van der Waals surface area contributed by atoms with Gasteiger partial charge in [-0.3, -0.25) is 9.59 Å². The summed E-state index contributed by atoms with van der Waals surface area (Å²) in [5.41, 5.74) is 0. The van der Waals surface area contributed by atoms with Crippen molar-refractivity contribution < 1.29 is 14.3 Å². The zero-order chi connectivity index (χ0) is 15.6. The van der Waals surface area contributed by atoms with Gasteiger partial charge in [0.15, 0.2) is 0 Å². The van der Waals surface area contributed by atoms with Gasteiger partial charge in [-0.2, -0.15) is 0 Å². The van der Waals surface area contributed by atoms with E-state index in [0.717, 1.165) is 13.1 Å². The summed E-state index contributed by atoms with van der Waals surface area (Å²) in [6.07, 6.45) is 0.347. The van der Waals surface area contributed by atoms with Crippen LogP contribution in [-0.2, 0) is 14.3 Å². The molecule has 2 aliphatic rings. The van der Waals surface area contributed by atoms with E-state index in [1.165, 1.54) is 0 Å². The molecule has 2 rings (SSSR count). The maximum atomic E-state index is 12.6. The molecule has 2 fully saturated rings. The minimum Gasteiger partial charge on any atom is -0.383 e. The van der Waals surface area contributed by atoms with Gasteiger partial charge in [-0.15, -0.1) is 0 Å². The first-order chi connectivity index (χ1) is 9.93. The molecule has 2 aliphatic heterocycles.